The maximum atomic E-state index is 11.8. The number of aliphatic hydroxyl groups excluding tert-OH is 1. The van der Waals surface area contributed by atoms with Gasteiger partial charge in [-0.3, -0.25) is 0 Å². The lowest BCUT2D eigenvalue weighted by Crippen LogP contribution is -2.40. The summed E-state index contributed by atoms with van der Waals surface area (Å²) in [5.74, 6) is 0. The molecule has 0 aliphatic heterocycles. The number of carbonyl (C=O) groups excluding carboxylic acids is 1. The van der Waals surface area contributed by atoms with Crippen LogP contribution < -0.4 is 10.6 Å². The van der Waals surface area contributed by atoms with E-state index in [-0.39, 0.29) is 6.03 Å². The van der Waals surface area contributed by atoms with Crippen LogP contribution in [0, 0.1) is 0 Å². The quantitative estimate of drug-likeness (QED) is 0.781. The topological polar surface area (TPSA) is 61.4 Å². The number of nitrogens with one attached hydrogen (secondary N) is 2. The van der Waals surface area contributed by atoms with E-state index in [1.807, 2.05) is 29.6 Å². The van der Waals surface area contributed by atoms with Gasteiger partial charge in [0.25, 0.3) is 0 Å². The molecule has 6 heteroatoms. The van der Waals surface area contributed by atoms with E-state index >= 15 is 0 Å². The van der Waals surface area contributed by atoms with Gasteiger partial charge in [-0.25, -0.2) is 4.79 Å². The minimum Gasteiger partial charge on any atom is -0.382 e. The second kappa shape index (κ2) is 7.26. The molecule has 1 aliphatic rings. The maximum absolute atomic E-state index is 11.8. The summed E-state index contributed by atoms with van der Waals surface area (Å²) in [6.45, 7) is 0.500. The molecule has 3 N–H and O–H groups in total. The Bertz CT molecular complexity index is 603. The van der Waals surface area contributed by atoms with Crippen molar-refractivity contribution in [3.63, 3.8) is 0 Å². The second-order valence-electron chi connectivity index (χ2n) is 5.53. The van der Waals surface area contributed by atoms with E-state index in [9.17, 15) is 9.90 Å². The Morgan fingerprint density at radius 1 is 1.27 bits per heavy atom. The Morgan fingerprint density at radius 3 is 2.82 bits per heavy atom. The smallest absolute Gasteiger partial charge is 0.315 e. The summed E-state index contributed by atoms with van der Waals surface area (Å²) >= 11 is 3.09. The van der Waals surface area contributed by atoms with Crippen LogP contribution in [0.2, 0.25) is 0 Å². The molecule has 1 aliphatic carbocycles. The Hall–Kier alpha value is -1.37. The zero-order valence-electron chi connectivity index (χ0n) is 12.2. The molecule has 0 bridgehead atoms. The molecule has 2 amide bonds. The van der Waals surface area contributed by atoms with E-state index in [2.05, 4.69) is 10.6 Å². The first-order valence-corrected chi connectivity index (χ1v) is 9.26. The highest BCUT2D eigenvalue weighted by Crippen LogP contribution is 2.30. The summed E-state index contributed by atoms with van der Waals surface area (Å²) in [7, 11) is 0. The lowest BCUT2D eigenvalue weighted by atomic mass is 10.2. The van der Waals surface area contributed by atoms with Crippen molar-refractivity contribution < 1.29 is 9.90 Å². The zero-order valence-corrected chi connectivity index (χ0v) is 13.9. The first-order chi connectivity index (χ1) is 10.7. The average molecular weight is 336 g/mol. The fourth-order valence-corrected chi connectivity index (χ4v) is 4.46. The number of amides is 2. The average Bonchev–Trinajstić information content (AvgIpc) is 3.26. The van der Waals surface area contributed by atoms with Crippen molar-refractivity contribution in [2.45, 2.75) is 44.4 Å². The molecule has 22 heavy (non-hydrogen) atoms. The fraction of sp³-hybridized carbons (Fsp3) is 0.438. The van der Waals surface area contributed by atoms with Crippen LogP contribution in [0.25, 0.3) is 0 Å². The molecule has 2 aromatic heterocycles. The Morgan fingerprint density at radius 2 is 2.09 bits per heavy atom. The number of aliphatic hydroxyl groups is 1. The molecular formula is C16H20N2O2S2. The standard InChI is InChI=1S/C16H20N2O2S2/c19-15(13-6-3-9-21-13)14-8-7-12(22-14)10-17-16(20)18-11-4-1-2-5-11/h3,6-9,11,15,19H,1-2,4-5,10H2,(H2,17,18,20). The minimum atomic E-state index is -0.564. The van der Waals surface area contributed by atoms with Crippen molar-refractivity contribution in [3.8, 4) is 0 Å². The van der Waals surface area contributed by atoms with Crippen LogP contribution in [-0.4, -0.2) is 17.2 Å². The summed E-state index contributed by atoms with van der Waals surface area (Å²) in [5, 5.41) is 18.1. The number of carbonyl (C=O) groups is 1. The highest BCUT2D eigenvalue weighted by Gasteiger charge is 2.17. The van der Waals surface area contributed by atoms with Crippen LogP contribution in [0.15, 0.2) is 29.6 Å². The van der Waals surface area contributed by atoms with E-state index in [4.69, 9.17) is 0 Å². The SMILES string of the molecule is O=C(NCc1ccc(C(O)c2cccs2)s1)NC1CCCC1. The molecule has 2 heterocycles. The van der Waals surface area contributed by atoms with E-state index in [0.29, 0.717) is 12.6 Å². The molecule has 1 atom stereocenters. The van der Waals surface area contributed by atoms with Gasteiger partial charge in [0.15, 0.2) is 0 Å². The van der Waals surface area contributed by atoms with Crippen molar-refractivity contribution in [2.75, 3.05) is 0 Å². The summed E-state index contributed by atoms with van der Waals surface area (Å²) in [4.78, 5) is 14.7. The molecule has 1 saturated carbocycles. The first-order valence-electron chi connectivity index (χ1n) is 7.57. The van der Waals surface area contributed by atoms with Crippen molar-refractivity contribution in [1.29, 1.82) is 0 Å². The maximum Gasteiger partial charge on any atom is 0.315 e. The summed E-state index contributed by atoms with van der Waals surface area (Å²) in [5.41, 5.74) is 0. The molecule has 0 spiro atoms. The van der Waals surface area contributed by atoms with E-state index in [1.165, 1.54) is 24.2 Å². The van der Waals surface area contributed by atoms with Crippen LogP contribution >= 0.6 is 22.7 Å². The third-order valence-electron chi connectivity index (χ3n) is 3.88. The number of hydrogen-bond acceptors (Lipinski definition) is 4. The molecular weight excluding hydrogens is 316 g/mol. The van der Waals surface area contributed by atoms with Crippen LogP contribution in [-0.2, 0) is 6.54 Å². The van der Waals surface area contributed by atoms with Crippen molar-refractivity contribution in [1.82, 2.24) is 10.6 Å². The largest absolute Gasteiger partial charge is 0.382 e. The highest BCUT2D eigenvalue weighted by molar-refractivity contribution is 7.12. The molecule has 1 unspecified atom stereocenters. The number of hydrogen-bond donors (Lipinski definition) is 3. The molecule has 2 aromatic rings. The summed E-state index contributed by atoms with van der Waals surface area (Å²) in [6, 6.07) is 8.00. The Kier molecular flexibility index (Phi) is 5.12. The first kappa shape index (κ1) is 15.5. The lowest BCUT2D eigenvalue weighted by Gasteiger charge is -2.12. The molecule has 3 rings (SSSR count). The van der Waals surface area contributed by atoms with E-state index in [0.717, 1.165) is 27.5 Å². The van der Waals surface area contributed by atoms with Crippen molar-refractivity contribution in [2.24, 2.45) is 0 Å². The number of rotatable bonds is 5. The van der Waals surface area contributed by atoms with Crippen LogP contribution in [0.5, 0.6) is 0 Å². The fourth-order valence-electron chi connectivity index (χ4n) is 2.70. The van der Waals surface area contributed by atoms with E-state index < -0.39 is 6.10 Å². The lowest BCUT2D eigenvalue weighted by molar-refractivity contribution is 0.228. The third-order valence-corrected chi connectivity index (χ3v) is 5.94. The van der Waals surface area contributed by atoms with Crippen LogP contribution in [0.3, 0.4) is 0 Å². The third kappa shape index (κ3) is 3.88. The molecule has 4 nitrogen and oxygen atoms in total. The molecule has 0 saturated heterocycles. The van der Waals surface area contributed by atoms with Crippen molar-refractivity contribution >= 4 is 28.7 Å². The normalized spacial score (nSPS) is 16.6. The Labute approximate surface area is 138 Å². The predicted molar refractivity (Wildman–Crippen MR) is 90.3 cm³/mol. The monoisotopic (exact) mass is 336 g/mol. The van der Waals surface area contributed by atoms with Crippen molar-refractivity contribution in [3.05, 3.63) is 44.3 Å². The predicted octanol–water partition coefficient (Wildman–Crippen LogP) is 3.63. The van der Waals surface area contributed by atoms with Gasteiger partial charge in [-0.1, -0.05) is 18.9 Å². The molecule has 0 radical (unpaired) electrons. The Balaban J connectivity index is 1.50. The molecule has 118 valence electrons. The highest BCUT2D eigenvalue weighted by atomic mass is 32.1. The summed E-state index contributed by atoms with van der Waals surface area (Å²) in [6.07, 6.45) is 4.03. The number of thiophene rings is 2. The van der Waals surface area contributed by atoms with Gasteiger partial charge < -0.3 is 15.7 Å². The van der Waals surface area contributed by atoms with Gasteiger partial charge in [0.2, 0.25) is 0 Å². The minimum absolute atomic E-state index is 0.0966. The van der Waals surface area contributed by atoms with Gasteiger partial charge >= 0.3 is 6.03 Å². The summed E-state index contributed by atoms with van der Waals surface area (Å²) < 4.78 is 0. The van der Waals surface area contributed by atoms with E-state index in [1.54, 1.807) is 11.3 Å². The van der Waals surface area contributed by atoms with Gasteiger partial charge in [-0.05, 0) is 36.4 Å². The van der Waals surface area contributed by atoms with Gasteiger partial charge in [-0.2, -0.15) is 0 Å². The van der Waals surface area contributed by atoms with Crippen LogP contribution in [0.1, 0.15) is 46.4 Å². The van der Waals surface area contributed by atoms with Gasteiger partial charge in [0, 0.05) is 20.7 Å². The van der Waals surface area contributed by atoms with Gasteiger partial charge in [-0.15, -0.1) is 22.7 Å². The zero-order chi connectivity index (χ0) is 15.4. The van der Waals surface area contributed by atoms with Crippen LogP contribution in [0.4, 0.5) is 4.79 Å². The van der Waals surface area contributed by atoms with Gasteiger partial charge in [0.05, 0.1) is 6.54 Å². The molecule has 0 aromatic carbocycles. The van der Waals surface area contributed by atoms with Gasteiger partial charge in [0.1, 0.15) is 6.10 Å². The molecule has 1 fully saturated rings. The second-order valence-corrected chi connectivity index (χ2v) is 7.71. The number of urea groups is 1.